The number of rotatable bonds is 5. The molecule has 2 aliphatic rings. The summed E-state index contributed by atoms with van der Waals surface area (Å²) < 4.78 is 1.79. The Hall–Kier alpha value is -2.11. The lowest BCUT2D eigenvalue weighted by Gasteiger charge is -2.23. The molecule has 1 aromatic rings. The minimum absolute atomic E-state index is 0.00564. The number of hydrogen-bond acceptors (Lipinski definition) is 3. The standard InChI is InChI=1S/C15H19N3O3/c1-2-18-8-9(7-17-18)6-16-14(19)12-10-3-4-11(5-10)13(12)15(20)21/h3-4,7-8,10-13H,2,5-6H2,1H3,(H,16,19)(H,20,21)/t10-,11-,12-,13+/m0/s1. The number of carbonyl (C=O) groups excluding carboxylic acids is 1. The molecule has 0 radical (unpaired) electrons. The monoisotopic (exact) mass is 289 g/mol. The Kier molecular flexibility index (Phi) is 3.53. The number of fused-ring (bicyclic) bond motifs is 2. The molecule has 0 saturated heterocycles. The van der Waals surface area contributed by atoms with E-state index < -0.39 is 17.8 Å². The largest absolute Gasteiger partial charge is 0.481 e. The van der Waals surface area contributed by atoms with Crippen LogP contribution in [0.5, 0.6) is 0 Å². The fourth-order valence-corrected chi connectivity index (χ4v) is 3.49. The molecule has 3 rings (SSSR count). The second kappa shape index (κ2) is 5.35. The first kappa shape index (κ1) is 13.9. The number of aryl methyl sites for hydroxylation is 1. The molecule has 2 aliphatic carbocycles. The van der Waals surface area contributed by atoms with Crippen LogP contribution in [0.3, 0.4) is 0 Å². The van der Waals surface area contributed by atoms with Gasteiger partial charge in [0.1, 0.15) is 0 Å². The number of amides is 1. The Labute approximate surface area is 122 Å². The highest BCUT2D eigenvalue weighted by atomic mass is 16.4. The van der Waals surface area contributed by atoms with Crippen LogP contribution >= 0.6 is 0 Å². The van der Waals surface area contributed by atoms with E-state index in [9.17, 15) is 14.7 Å². The topological polar surface area (TPSA) is 84.2 Å². The zero-order valence-corrected chi connectivity index (χ0v) is 11.9. The number of nitrogens with zero attached hydrogens (tertiary/aromatic N) is 2. The maximum Gasteiger partial charge on any atom is 0.307 e. The number of hydrogen-bond donors (Lipinski definition) is 2. The maximum atomic E-state index is 12.4. The Bertz CT molecular complexity index is 593. The van der Waals surface area contributed by atoms with Gasteiger partial charge in [-0.3, -0.25) is 14.3 Å². The number of carbonyl (C=O) groups is 2. The van der Waals surface area contributed by atoms with Crippen molar-refractivity contribution in [1.29, 1.82) is 0 Å². The average molecular weight is 289 g/mol. The van der Waals surface area contributed by atoms with E-state index in [1.54, 1.807) is 10.9 Å². The van der Waals surface area contributed by atoms with Crippen molar-refractivity contribution >= 4 is 11.9 Å². The first-order valence-electron chi connectivity index (χ1n) is 7.30. The van der Waals surface area contributed by atoms with Crippen LogP contribution in [-0.4, -0.2) is 26.8 Å². The molecule has 6 heteroatoms. The van der Waals surface area contributed by atoms with E-state index in [0.29, 0.717) is 6.54 Å². The van der Waals surface area contributed by atoms with E-state index in [1.807, 2.05) is 25.3 Å². The van der Waals surface area contributed by atoms with Crippen LogP contribution in [0.15, 0.2) is 24.5 Å². The number of aliphatic carboxylic acids is 1. The summed E-state index contributed by atoms with van der Waals surface area (Å²) in [6.45, 7) is 3.17. The molecule has 1 fully saturated rings. The van der Waals surface area contributed by atoms with Crippen LogP contribution in [0.4, 0.5) is 0 Å². The lowest BCUT2D eigenvalue weighted by molar-refractivity contribution is -0.147. The molecular formula is C15H19N3O3. The van der Waals surface area contributed by atoms with Crippen molar-refractivity contribution in [3.05, 3.63) is 30.1 Å². The van der Waals surface area contributed by atoms with Gasteiger partial charge < -0.3 is 10.4 Å². The van der Waals surface area contributed by atoms with Crippen molar-refractivity contribution in [2.24, 2.45) is 23.7 Å². The Morgan fingerprint density at radius 2 is 2.10 bits per heavy atom. The van der Waals surface area contributed by atoms with E-state index in [2.05, 4.69) is 10.4 Å². The normalized spacial score (nSPS) is 29.8. The predicted molar refractivity (Wildman–Crippen MR) is 75.1 cm³/mol. The molecule has 6 nitrogen and oxygen atoms in total. The number of aromatic nitrogens is 2. The van der Waals surface area contributed by atoms with Crippen molar-refractivity contribution in [3.63, 3.8) is 0 Å². The number of carboxylic acids is 1. The predicted octanol–water partition coefficient (Wildman–Crippen LogP) is 1.04. The van der Waals surface area contributed by atoms with Crippen LogP contribution in [0.25, 0.3) is 0 Å². The third-order valence-electron chi connectivity index (χ3n) is 4.52. The highest BCUT2D eigenvalue weighted by Gasteiger charge is 2.51. The summed E-state index contributed by atoms with van der Waals surface area (Å²) in [5.74, 6) is -1.99. The average Bonchev–Trinajstić information content (AvgIpc) is 3.18. The highest BCUT2D eigenvalue weighted by Crippen LogP contribution is 2.48. The van der Waals surface area contributed by atoms with E-state index in [4.69, 9.17) is 0 Å². The fourth-order valence-electron chi connectivity index (χ4n) is 3.49. The molecule has 1 heterocycles. The minimum atomic E-state index is -0.870. The molecule has 1 amide bonds. The van der Waals surface area contributed by atoms with Gasteiger partial charge in [0.15, 0.2) is 0 Å². The summed E-state index contributed by atoms with van der Waals surface area (Å²) in [6, 6.07) is 0. The summed E-state index contributed by atoms with van der Waals surface area (Å²) in [5.41, 5.74) is 0.927. The Morgan fingerprint density at radius 3 is 2.71 bits per heavy atom. The zero-order chi connectivity index (χ0) is 15.0. The molecule has 1 aromatic heterocycles. The summed E-state index contributed by atoms with van der Waals surface area (Å²) in [6.07, 6.45) is 8.32. The van der Waals surface area contributed by atoms with Crippen LogP contribution < -0.4 is 5.32 Å². The lowest BCUT2D eigenvalue weighted by Crippen LogP contribution is -2.39. The lowest BCUT2D eigenvalue weighted by atomic mass is 9.82. The van der Waals surface area contributed by atoms with Crippen LogP contribution in [0.2, 0.25) is 0 Å². The first-order chi connectivity index (χ1) is 10.1. The molecule has 2 N–H and O–H groups in total. The van der Waals surface area contributed by atoms with Gasteiger partial charge in [-0.25, -0.2) is 0 Å². The molecule has 0 aliphatic heterocycles. The zero-order valence-electron chi connectivity index (χ0n) is 11.9. The van der Waals surface area contributed by atoms with Gasteiger partial charge in [0.25, 0.3) is 0 Å². The molecule has 0 aromatic carbocycles. The van der Waals surface area contributed by atoms with Crippen molar-refractivity contribution in [2.45, 2.75) is 26.4 Å². The number of carboxylic acid groups (broad SMARTS) is 1. The van der Waals surface area contributed by atoms with E-state index >= 15 is 0 Å². The minimum Gasteiger partial charge on any atom is -0.481 e. The number of allylic oxidation sites excluding steroid dienone is 2. The third kappa shape index (κ3) is 2.46. The summed E-state index contributed by atoms with van der Waals surface area (Å²) in [5, 5.41) is 16.4. The van der Waals surface area contributed by atoms with Gasteiger partial charge in [0.05, 0.1) is 18.0 Å². The quantitative estimate of drug-likeness (QED) is 0.793. The van der Waals surface area contributed by atoms with Gasteiger partial charge in [-0.05, 0) is 25.2 Å². The van der Waals surface area contributed by atoms with E-state index in [-0.39, 0.29) is 17.7 Å². The van der Waals surface area contributed by atoms with Crippen molar-refractivity contribution in [2.75, 3.05) is 0 Å². The molecule has 21 heavy (non-hydrogen) atoms. The second-order valence-electron chi connectivity index (χ2n) is 5.76. The van der Waals surface area contributed by atoms with Gasteiger partial charge in [-0.1, -0.05) is 12.2 Å². The highest BCUT2D eigenvalue weighted by molar-refractivity contribution is 5.86. The van der Waals surface area contributed by atoms with E-state index in [0.717, 1.165) is 18.5 Å². The molecule has 4 atom stereocenters. The maximum absolute atomic E-state index is 12.4. The molecule has 1 saturated carbocycles. The third-order valence-corrected chi connectivity index (χ3v) is 4.52. The van der Waals surface area contributed by atoms with Crippen LogP contribution in [0, 0.1) is 23.7 Å². The SMILES string of the molecule is CCn1cc(CNC(=O)[C@@H]2[C@H](C(=O)O)[C@H]3C=C[C@H]2C3)cn1. The summed E-state index contributed by atoms with van der Waals surface area (Å²) in [7, 11) is 0. The molecule has 2 bridgehead atoms. The fraction of sp³-hybridized carbons (Fsp3) is 0.533. The second-order valence-corrected chi connectivity index (χ2v) is 5.76. The van der Waals surface area contributed by atoms with Crippen LogP contribution in [0.1, 0.15) is 18.9 Å². The van der Waals surface area contributed by atoms with Crippen molar-refractivity contribution < 1.29 is 14.7 Å². The van der Waals surface area contributed by atoms with Crippen LogP contribution in [-0.2, 0) is 22.7 Å². The first-order valence-corrected chi connectivity index (χ1v) is 7.30. The molecule has 0 spiro atoms. The van der Waals surface area contributed by atoms with Crippen molar-refractivity contribution in [3.8, 4) is 0 Å². The Morgan fingerprint density at radius 1 is 1.38 bits per heavy atom. The van der Waals surface area contributed by atoms with Gasteiger partial charge in [-0.15, -0.1) is 0 Å². The van der Waals surface area contributed by atoms with Gasteiger partial charge >= 0.3 is 5.97 Å². The Balaban J connectivity index is 1.65. The van der Waals surface area contributed by atoms with E-state index in [1.165, 1.54) is 0 Å². The van der Waals surface area contributed by atoms with Gasteiger partial charge in [-0.2, -0.15) is 5.10 Å². The summed E-state index contributed by atoms with van der Waals surface area (Å²) in [4.78, 5) is 23.8. The molecule has 112 valence electrons. The smallest absolute Gasteiger partial charge is 0.307 e. The van der Waals surface area contributed by atoms with Gasteiger partial charge in [0.2, 0.25) is 5.91 Å². The molecular weight excluding hydrogens is 270 g/mol. The summed E-state index contributed by atoms with van der Waals surface area (Å²) >= 11 is 0. The molecule has 0 unspecified atom stereocenters. The number of nitrogens with one attached hydrogen (secondary N) is 1. The van der Waals surface area contributed by atoms with Crippen molar-refractivity contribution in [1.82, 2.24) is 15.1 Å². The van der Waals surface area contributed by atoms with Gasteiger partial charge in [0, 0.05) is 24.8 Å².